The van der Waals surface area contributed by atoms with E-state index in [1.54, 1.807) is 26.6 Å². The van der Waals surface area contributed by atoms with E-state index < -0.39 is 0 Å². The van der Waals surface area contributed by atoms with Gasteiger partial charge in [0.1, 0.15) is 18.2 Å². The van der Waals surface area contributed by atoms with E-state index in [1.807, 2.05) is 62.6 Å². The molecule has 0 radical (unpaired) electrons. The van der Waals surface area contributed by atoms with Gasteiger partial charge in [0.05, 0.1) is 20.8 Å². The van der Waals surface area contributed by atoms with Crippen LogP contribution < -0.4 is 40.2 Å². The number of aromatic nitrogens is 4. The van der Waals surface area contributed by atoms with Crippen molar-refractivity contribution in [2.24, 2.45) is 0 Å². The minimum absolute atomic E-state index is 0.374. The molecule has 4 aromatic rings. The summed E-state index contributed by atoms with van der Waals surface area (Å²) in [6, 6.07) is 16.2. The Morgan fingerprint density at radius 3 is 1.81 bits per heavy atom. The zero-order valence-electron chi connectivity index (χ0n) is 30.7. The van der Waals surface area contributed by atoms with Crippen LogP contribution >= 0.6 is 0 Å². The predicted octanol–water partition coefficient (Wildman–Crippen LogP) is 6.02. The highest BCUT2D eigenvalue weighted by atomic mass is 16.5. The Hall–Kier alpha value is -5.08. The van der Waals surface area contributed by atoms with Crippen molar-refractivity contribution in [3.63, 3.8) is 0 Å². The number of nitrogens with zero attached hydrogens (tertiary/aromatic N) is 6. The molecule has 2 fully saturated rings. The van der Waals surface area contributed by atoms with Crippen molar-refractivity contribution in [1.29, 1.82) is 0 Å². The molecular formula is C38H52N10O4. The molecule has 2 saturated heterocycles. The first kappa shape index (κ1) is 36.7. The lowest BCUT2D eigenvalue weighted by Crippen LogP contribution is -2.39. The van der Waals surface area contributed by atoms with Crippen LogP contribution in [0, 0.1) is 0 Å². The molecule has 0 saturated carbocycles. The predicted molar refractivity (Wildman–Crippen MR) is 205 cm³/mol. The molecule has 2 aromatic heterocycles. The van der Waals surface area contributed by atoms with Gasteiger partial charge >= 0.3 is 0 Å². The first-order chi connectivity index (χ1) is 25.5. The second-order valence-corrected chi connectivity index (χ2v) is 13.0. The molecule has 2 aromatic carbocycles. The van der Waals surface area contributed by atoms with E-state index in [2.05, 4.69) is 51.0 Å². The molecule has 0 spiro atoms. The van der Waals surface area contributed by atoms with Crippen LogP contribution in [-0.4, -0.2) is 110 Å². The SMILES string of the molecule is CNc1ccnc(Nc2ccc(OC)c(OCCCN3CCCC3CCN3CCCC3COc3cc(Nc4nccc(NC)n4)ccc3OC)c2)n1. The maximum absolute atomic E-state index is 6.42. The second-order valence-electron chi connectivity index (χ2n) is 13.0. The van der Waals surface area contributed by atoms with Crippen LogP contribution in [0.15, 0.2) is 60.9 Å². The minimum Gasteiger partial charge on any atom is -0.493 e. The summed E-state index contributed by atoms with van der Waals surface area (Å²) >= 11 is 0. The molecule has 0 amide bonds. The summed E-state index contributed by atoms with van der Waals surface area (Å²) in [6.45, 7) is 5.55. The Morgan fingerprint density at radius 2 is 1.23 bits per heavy atom. The van der Waals surface area contributed by atoms with Crippen molar-refractivity contribution < 1.29 is 18.9 Å². The first-order valence-electron chi connectivity index (χ1n) is 18.2. The lowest BCUT2D eigenvalue weighted by molar-refractivity contribution is 0.148. The maximum atomic E-state index is 6.42. The normalized spacial score (nSPS) is 17.5. The van der Waals surface area contributed by atoms with Gasteiger partial charge in [-0.25, -0.2) is 9.97 Å². The zero-order valence-corrected chi connectivity index (χ0v) is 30.7. The number of nitrogens with one attached hydrogen (secondary N) is 4. The third-order valence-corrected chi connectivity index (χ3v) is 9.69. The maximum Gasteiger partial charge on any atom is 0.229 e. The van der Waals surface area contributed by atoms with Gasteiger partial charge in [-0.3, -0.25) is 4.90 Å². The number of hydrogen-bond donors (Lipinski definition) is 4. The summed E-state index contributed by atoms with van der Waals surface area (Å²) in [6.07, 6.45) is 10.3. The van der Waals surface area contributed by atoms with E-state index >= 15 is 0 Å². The fourth-order valence-corrected chi connectivity index (χ4v) is 6.95. The van der Waals surface area contributed by atoms with Crippen LogP contribution in [0.2, 0.25) is 0 Å². The van der Waals surface area contributed by atoms with Crippen LogP contribution in [0.3, 0.4) is 0 Å². The summed E-state index contributed by atoms with van der Waals surface area (Å²) in [4.78, 5) is 22.8. The lowest BCUT2D eigenvalue weighted by atomic mass is 10.1. The number of methoxy groups -OCH3 is 2. The summed E-state index contributed by atoms with van der Waals surface area (Å²) in [5.74, 6) is 5.33. The zero-order chi connectivity index (χ0) is 36.1. The number of rotatable bonds is 19. The standard InChI is InChI=1S/C38H52N10O4/c1-39-35-14-17-41-37(45-35)43-27-10-12-31(49-3)33(24-27)51-23-7-21-47-19-5-8-29(47)16-22-48-20-6-9-30(48)26-52-34-25-28(11-13-32(34)50-4)44-38-42-18-15-36(40-2)46-38/h10-15,17-18,24-25,29-30H,5-9,16,19-23,26H2,1-4H3,(H2,39,41,43,45)(H2,40,42,44,46). The highest BCUT2D eigenvalue weighted by Gasteiger charge is 2.29. The topological polar surface area (TPSA) is 143 Å². The average Bonchev–Trinajstić information content (AvgIpc) is 3.84. The number of benzene rings is 2. The largest absolute Gasteiger partial charge is 0.493 e. The van der Waals surface area contributed by atoms with E-state index in [0.29, 0.717) is 60.2 Å². The quantitative estimate of drug-likeness (QED) is 0.0842. The lowest BCUT2D eigenvalue weighted by Gasteiger charge is -2.29. The van der Waals surface area contributed by atoms with Crippen LogP contribution in [0.5, 0.6) is 23.0 Å². The molecule has 4 heterocycles. The Balaban J connectivity index is 0.960. The molecule has 2 atom stereocenters. The van der Waals surface area contributed by atoms with Crippen LogP contribution in [0.1, 0.15) is 38.5 Å². The molecule has 2 aliphatic rings. The number of ether oxygens (including phenoxy) is 4. The van der Waals surface area contributed by atoms with Crippen molar-refractivity contribution in [2.45, 2.75) is 50.6 Å². The Bertz CT molecular complexity index is 1730. The summed E-state index contributed by atoms with van der Waals surface area (Å²) in [5.41, 5.74) is 1.67. The third-order valence-electron chi connectivity index (χ3n) is 9.69. The van der Waals surface area contributed by atoms with Crippen molar-refractivity contribution in [3.8, 4) is 23.0 Å². The van der Waals surface area contributed by atoms with Gasteiger partial charge in [0, 0.05) is 75.2 Å². The molecule has 2 aliphatic heterocycles. The van der Waals surface area contributed by atoms with Crippen molar-refractivity contribution in [3.05, 3.63) is 60.9 Å². The molecule has 2 unspecified atom stereocenters. The van der Waals surface area contributed by atoms with Gasteiger partial charge in [-0.2, -0.15) is 9.97 Å². The van der Waals surface area contributed by atoms with E-state index in [1.165, 1.54) is 19.3 Å². The molecule has 52 heavy (non-hydrogen) atoms. The monoisotopic (exact) mass is 712 g/mol. The van der Waals surface area contributed by atoms with E-state index in [-0.39, 0.29) is 0 Å². The van der Waals surface area contributed by atoms with Gasteiger partial charge in [0.25, 0.3) is 0 Å². The van der Waals surface area contributed by atoms with Gasteiger partial charge < -0.3 is 45.1 Å². The van der Waals surface area contributed by atoms with E-state index in [0.717, 1.165) is 68.5 Å². The van der Waals surface area contributed by atoms with Crippen LogP contribution in [0.4, 0.5) is 34.9 Å². The summed E-state index contributed by atoms with van der Waals surface area (Å²) in [7, 11) is 7.00. The van der Waals surface area contributed by atoms with E-state index in [4.69, 9.17) is 18.9 Å². The number of anilines is 6. The second kappa shape index (κ2) is 18.4. The molecule has 4 N–H and O–H groups in total. The Morgan fingerprint density at radius 1 is 0.673 bits per heavy atom. The smallest absolute Gasteiger partial charge is 0.229 e. The van der Waals surface area contributed by atoms with Crippen molar-refractivity contribution >= 4 is 34.9 Å². The van der Waals surface area contributed by atoms with Crippen molar-refractivity contribution in [2.75, 3.05) is 89.0 Å². The molecule has 14 heteroatoms. The molecule has 0 aliphatic carbocycles. The molecule has 0 bridgehead atoms. The molecular weight excluding hydrogens is 660 g/mol. The van der Waals surface area contributed by atoms with E-state index in [9.17, 15) is 0 Å². The van der Waals surface area contributed by atoms with Gasteiger partial charge in [-0.1, -0.05) is 0 Å². The highest BCUT2D eigenvalue weighted by Crippen LogP contribution is 2.33. The fraction of sp³-hybridized carbons (Fsp3) is 0.474. The summed E-state index contributed by atoms with van der Waals surface area (Å²) < 4.78 is 23.9. The molecule has 6 rings (SSSR count). The Labute approximate surface area is 306 Å². The minimum atomic E-state index is 0.374. The van der Waals surface area contributed by atoms with Crippen LogP contribution in [0.25, 0.3) is 0 Å². The van der Waals surface area contributed by atoms with Gasteiger partial charge in [0.15, 0.2) is 23.0 Å². The summed E-state index contributed by atoms with van der Waals surface area (Å²) in [5, 5.41) is 12.6. The number of likely N-dealkylation sites (tertiary alicyclic amines) is 2. The van der Waals surface area contributed by atoms with Crippen molar-refractivity contribution in [1.82, 2.24) is 29.7 Å². The first-order valence-corrected chi connectivity index (χ1v) is 18.2. The average molecular weight is 713 g/mol. The molecule has 278 valence electrons. The van der Waals surface area contributed by atoms with Gasteiger partial charge in [-0.05, 0) is 88.0 Å². The fourth-order valence-electron chi connectivity index (χ4n) is 6.95. The highest BCUT2D eigenvalue weighted by molar-refractivity contribution is 5.61. The van der Waals surface area contributed by atoms with Gasteiger partial charge in [0.2, 0.25) is 11.9 Å². The Kier molecular flexibility index (Phi) is 13.0. The number of hydrogen-bond acceptors (Lipinski definition) is 14. The molecule has 14 nitrogen and oxygen atoms in total. The van der Waals surface area contributed by atoms with Crippen LogP contribution in [-0.2, 0) is 0 Å². The third kappa shape index (κ3) is 9.82. The van der Waals surface area contributed by atoms with Gasteiger partial charge in [-0.15, -0.1) is 0 Å².